The molecule has 4 N–H and O–H groups in total. The fraction of sp³-hybridized carbons (Fsp3) is 0.769. The SMILES string of the molecule is CCCC(NC(=O)NC(C)C(=O)NC(C)(C)C)C(=O)O. The van der Waals surface area contributed by atoms with Crippen LogP contribution in [0.1, 0.15) is 47.5 Å². The van der Waals surface area contributed by atoms with Crippen LogP contribution in [0.25, 0.3) is 0 Å². The van der Waals surface area contributed by atoms with Crippen molar-refractivity contribution in [3.05, 3.63) is 0 Å². The quantitative estimate of drug-likeness (QED) is 0.580. The van der Waals surface area contributed by atoms with Crippen LogP contribution in [0.15, 0.2) is 0 Å². The van der Waals surface area contributed by atoms with E-state index in [-0.39, 0.29) is 5.91 Å². The van der Waals surface area contributed by atoms with Gasteiger partial charge >= 0.3 is 12.0 Å². The molecular weight excluding hydrogens is 262 g/mol. The van der Waals surface area contributed by atoms with Gasteiger partial charge in [0.05, 0.1) is 0 Å². The number of carboxylic acid groups (broad SMARTS) is 1. The summed E-state index contributed by atoms with van der Waals surface area (Å²) in [5, 5.41) is 16.4. The highest BCUT2D eigenvalue weighted by atomic mass is 16.4. The summed E-state index contributed by atoms with van der Waals surface area (Å²) in [7, 11) is 0. The van der Waals surface area contributed by atoms with Gasteiger partial charge in [-0.1, -0.05) is 13.3 Å². The van der Waals surface area contributed by atoms with E-state index in [0.29, 0.717) is 12.8 Å². The summed E-state index contributed by atoms with van der Waals surface area (Å²) in [4.78, 5) is 34.3. The summed E-state index contributed by atoms with van der Waals surface area (Å²) >= 11 is 0. The van der Waals surface area contributed by atoms with Gasteiger partial charge in [0.25, 0.3) is 0 Å². The number of amides is 3. The van der Waals surface area contributed by atoms with Crippen molar-refractivity contribution in [1.82, 2.24) is 16.0 Å². The van der Waals surface area contributed by atoms with Crippen LogP contribution >= 0.6 is 0 Å². The fourth-order valence-electron chi connectivity index (χ4n) is 1.49. The Kier molecular flexibility index (Phi) is 7.02. The number of hydrogen-bond donors (Lipinski definition) is 4. The molecule has 0 aromatic rings. The largest absolute Gasteiger partial charge is 0.480 e. The van der Waals surface area contributed by atoms with Crippen molar-refractivity contribution in [2.45, 2.75) is 65.1 Å². The minimum Gasteiger partial charge on any atom is -0.480 e. The first-order valence-electron chi connectivity index (χ1n) is 6.68. The van der Waals surface area contributed by atoms with Crippen LogP contribution in [0.4, 0.5) is 4.79 Å². The molecule has 0 radical (unpaired) electrons. The van der Waals surface area contributed by atoms with Crippen LogP contribution in [0.2, 0.25) is 0 Å². The zero-order valence-corrected chi connectivity index (χ0v) is 12.7. The molecule has 0 aliphatic rings. The van der Waals surface area contributed by atoms with Crippen LogP contribution < -0.4 is 16.0 Å². The van der Waals surface area contributed by atoms with E-state index in [1.165, 1.54) is 6.92 Å². The number of carbonyl (C=O) groups is 3. The molecule has 0 aromatic carbocycles. The van der Waals surface area contributed by atoms with Crippen LogP contribution in [-0.4, -0.2) is 40.6 Å². The lowest BCUT2D eigenvalue weighted by Gasteiger charge is -2.24. The zero-order chi connectivity index (χ0) is 15.9. The predicted molar refractivity (Wildman–Crippen MR) is 75.4 cm³/mol. The number of hydrogen-bond acceptors (Lipinski definition) is 3. The molecule has 0 saturated carbocycles. The zero-order valence-electron chi connectivity index (χ0n) is 12.7. The van der Waals surface area contributed by atoms with Gasteiger partial charge in [-0.25, -0.2) is 9.59 Å². The Labute approximate surface area is 119 Å². The fourth-order valence-corrected chi connectivity index (χ4v) is 1.49. The summed E-state index contributed by atoms with van der Waals surface area (Å²) in [6.45, 7) is 8.86. The molecule has 0 aliphatic heterocycles. The van der Waals surface area contributed by atoms with Gasteiger partial charge in [0.15, 0.2) is 0 Å². The minimum absolute atomic E-state index is 0.324. The maximum Gasteiger partial charge on any atom is 0.326 e. The predicted octanol–water partition coefficient (Wildman–Crippen LogP) is 0.842. The summed E-state index contributed by atoms with van der Waals surface area (Å²) in [6.07, 6.45) is 0.975. The first-order valence-corrected chi connectivity index (χ1v) is 6.68. The van der Waals surface area contributed by atoms with E-state index in [0.717, 1.165) is 0 Å². The molecule has 0 heterocycles. The molecule has 0 saturated heterocycles. The lowest BCUT2D eigenvalue weighted by molar-refractivity contribution is -0.139. The molecule has 7 nitrogen and oxygen atoms in total. The molecule has 0 bridgehead atoms. The highest BCUT2D eigenvalue weighted by molar-refractivity contribution is 5.88. The van der Waals surface area contributed by atoms with Crippen LogP contribution in [-0.2, 0) is 9.59 Å². The number of aliphatic carboxylic acids is 1. The van der Waals surface area contributed by atoms with E-state index < -0.39 is 29.6 Å². The van der Waals surface area contributed by atoms with Gasteiger partial charge in [-0.05, 0) is 34.1 Å². The molecule has 0 aromatic heterocycles. The molecule has 116 valence electrons. The first-order chi connectivity index (χ1) is 9.06. The van der Waals surface area contributed by atoms with E-state index in [1.54, 1.807) is 0 Å². The number of urea groups is 1. The Morgan fingerprint density at radius 2 is 1.70 bits per heavy atom. The summed E-state index contributed by atoms with van der Waals surface area (Å²) < 4.78 is 0. The smallest absolute Gasteiger partial charge is 0.326 e. The standard InChI is InChI=1S/C13H25N3O4/c1-6-7-9(11(18)19)15-12(20)14-8(2)10(17)16-13(3,4)5/h8-9H,6-7H2,1-5H3,(H,16,17)(H,18,19)(H2,14,15,20). The normalized spacial score (nSPS) is 14.1. The maximum absolute atomic E-state index is 11.8. The third-order valence-electron chi connectivity index (χ3n) is 2.42. The number of carboxylic acids is 1. The van der Waals surface area contributed by atoms with Crippen molar-refractivity contribution in [3.63, 3.8) is 0 Å². The second kappa shape index (κ2) is 7.72. The Bertz CT molecular complexity index is 363. The van der Waals surface area contributed by atoms with E-state index in [9.17, 15) is 14.4 Å². The van der Waals surface area contributed by atoms with Gasteiger partial charge in [0.2, 0.25) is 5.91 Å². The second-order valence-electron chi connectivity index (χ2n) is 5.76. The van der Waals surface area contributed by atoms with E-state index in [1.807, 2.05) is 27.7 Å². The van der Waals surface area contributed by atoms with Crippen LogP contribution in [0.5, 0.6) is 0 Å². The number of nitrogens with one attached hydrogen (secondary N) is 3. The lowest BCUT2D eigenvalue weighted by atomic mass is 10.1. The average molecular weight is 287 g/mol. The summed E-state index contributed by atoms with van der Waals surface area (Å²) in [5.74, 6) is -1.41. The van der Waals surface area contributed by atoms with Gasteiger partial charge in [0, 0.05) is 5.54 Å². The van der Waals surface area contributed by atoms with Gasteiger partial charge in [0.1, 0.15) is 12.1 Å². The molecular formula is C13H25N3O4. The van der Waals surface area contributed by atoms with Gasteiger partial charge < -0.3 is 21.1 Å². The number of carbonyl (C=O) groups excluding carboxylic acids is 2. The lowest BCUT2D eigenvalue weighted by Crippen LogP contribution is -2.54. The van der Waals surface area contributed by atoms with Crippen molar-refractivity contribution in [1.29, 1.82) is 0 Å². The first kappa shape index (κ1) is 18.2. The third-order valence-corrected chi connectivity index (χ3v) is 2.42. The highest BCUT2D eigenvalue weighted by Crippen LogP contribution is 2.00. The van der Waals surface area contributed by atoms with Gasteiger partial charge in [-0.3, -0.25) is 4.79 Å². The Morgan fingerprint density at radius 1 is 1.15 bits per heavy atom. The molecule has 20 heavy (non-hydrogen) atoms. The van der Waals surface area contributed by atoms with Crippen LogP contribution in [0, 0.1) is 0 Å². The van der Waals surface area contributed by atoms with Crippen molar-refractivity contribution in [2.75, 3.05) is 0 Å². The Morgan fingerprint density at radius 3 is 2.10 bits per heavy atom. The van der Waals surface area contributed by atoms with Crippen molar-refractivity contribution < 1.29 is 19.5 Å². The molecule has 0 rings (SSSR count). The molecule has 0 spiro atoms. The monoisotopic (exact) mass is 287 g/mol. The van der Waals surface area contributed by atoms with E-state index in [2.05, 4.69) is 16.0 Å². The minimum atomic E-state index is -1.09. The van der Waals surface area contributed by atoms with Gasteiger partial charge in [-0.2, -0.15) is 0 Å². The molecule has 7 heteroatoms. The topological polar surface area (TPSA) is 108 Å². The number of rotatable bonds is 6. The second-order valence-corrected chi connectivity index (χ2v) is 5.76. The highest BCUT2D eigenvalue weighted by Gasteiger charge is 2.23. The molecule has 3 amide bonds. The average Bonchev–Trinajstić information content (AvgIpc) is 2.25. The molecule has 0 aliphatic carbocycles. The van der Waals surface area contributed by atoms with Crippen molar-refractivity contribution >= 4 is 17.9 Å². The molecule has 2 atom stereocenters. The van der Waals surface area contributed by atoms with E-state index >= 15 is 0 Å². The third kappa shape index (κ3) is 7.60. The molecule has 0 fully saturated rings. The van der Waals surface area contributed by atoms with Crippen LogP contribution in [0.3, 0.4) is 0 Å². The Balaban J connectivity index is 4.38. The van der Waals surface area contributed by atoms with Crippen molar-refractivity contribution in [2.24, 2.45) is 0 Å². The van der Waals surface area contributed by atoms with Crippen molar-refractivity contribution in [3.8, 4) is 0 Å². The van der Waals surface area contributed by atoms with Gasteiger partial charge in [-0.15, -0.1) is 0 Å². The summed E-state index contributed by atoms with van der Waals surface area (Å²) in [5.41, 5.74) is -0.394. The Hall–Kier alpha value is -1.79. The van der Waals surface area contributed by atoms with E-state index in [4.69, 9.17) is 5.11 Å². The molecule has 2 unspecified atom stereocenters. The summed E-state index contributed by atoms with van der Waals surface area (Å²) in [6, 6.07) is -2.36. The maximum atomic E-state index is 11.8.